The molecule has 1 saturated heterocycles. The maximum absolute atomic E-state index is 11.5. The van der Waals surface area contributed by atoms with Crippen molar-refractivity contribution in [2.45, 2.75) is 71.0 Å². The number of ketones is 1. The van der Waals surface area contributed by atoms with Crippen LogP contribution in [0, 0.1) is 0 Å². The van der Waals surface area contributed by atoms with E-state index in [1.54, 1.807) is 0 Å². The second-order valence-electron chi connectivity index (χ2n) is 4.16. The Morgan fingerprint density at radius 1 is 1.14 bits per heavy atom. The highest BCUT2D eigenvalue weighted by Gasteiger charge is 2.42. The van der Waals surface area contributed by atoms with Crippen LogP contribution in [0.5, 0.6) is 0 Å². The first-order valence-corrected chi connectivity index (χ1v) is 5.97. The lowest BCUT2D eigenvalue weighted by Gasteiger charge is -1.96. The van der Waals surface area contributed by atoms with Crippen molar-refractivity contribution in [1.29, 1.82) is 0 Å². The van der Waals surface area contributed by atoms with Crippen molar-refractivity contribution < 1.29 is 9.53 Å². The lowest BCUT2D eigenvalue weighted by atomic mass is 10.1. The summed E-state index contributed by atoms with van der Waals surface area (Å²) in [6, 6.07) is 0. The number of ether oxygens (including phenoxy) is 1. The van der Waals surface area contributed by atoms with E-state index in [2.05, 4.69) is 13.8 Å². The van der Waals surface area contributed by atoms with Gasteiger partial charge in [-0.3, -0.25) is 4.79 Å². The van der Waals surface area contributed by atoms with Crippen LogP contribution in [0.25, 0.3) is 0 Å². The number of hydrogen-bond donors (Lipinski definition) is 0. The number of unbranched alkanes of at least 4 members (excludes halogenated alkanes) is 3. The van der Waals surface area contributed by atoms with Crippen molar-refractivity contribution in [3.8, 4) is 0 Å². The Labute approximate surface area is 87.0 Å². The van der Waals surface area contributed by atoms with Crippen LogP contribution in [-0.2, 0) is 9.53 Å². The van der Waals surface area contributed by atoms with Crippen LogP contribution in [-0.4, -0.2) is 18.0 Å². The molecule has 1 fully saturated rings. The van der Waals surface area contributed by atoms with Crippen LogP contribution in [0.2, 0.25) is 0 Å². The molecule has 0 aliphatic carbocycles. The van der Waals surface area contributed by atoms with Crippen molar-refractivity contribution in [1.82, 2.24) is 0 Å². The molecule has 0 unspecified atom stereocenters. The summed E-state index contributed by atoms with van der Waals surface area (Å²) < 4.78 is 5.36. The minimum absolute atomic E-state index is 0.0293. The average molecular weight is 198 g/mol. The van der Waals surface area contributed by atoms with Gasteiger partial charge in [0.25, 0.3) is 0 Å². The molecule has 0 bridgehead atoms. The molecule has 1 rings (SSSR count). The summed E-state index contributed by atoms with van der Waals surface area (Å²) in [6.45, 7) is 4.32. The molecule has 2 atom stereocenters. The van der Waals surface area contributed by atoms with E-state index in [9.17, 15) is 4.79 Å². The summed E-state index contributed by atoms with van der Waals surface area (Å²) in [5.74, 6) is 0.333. The van der Waals surface area contributed by atoms with E-state index in [1.807, 2.05) is 0 Å². The predicted octanol–water partition coefficient (Wildman–Crippen LogP) is 3.09. The summed E-state index contributed by atoms with van der Waals surface area (Å²) in [7, 11) is 0. The van der Waals surface area contributed by atoms with Gasteiger partial charge in [-0.05, 0) is 12.8 Å². The van der Waals surface area contributed by atoms with Crippen LogP contribution < -0.4 is 0 Å². The first-order chi connectivity index (χ1) is 6.79. The second kappa shape index (κ2) is 6.18. The number of hydrogen-bond acceptors (Lipinski definition) is 2. The number of rotatable bonds is 8. The van der Waals surface area contributed by atoms with Gasteiger partial charge in [-0.2, -0.15) is 0 Å². The number of Topliss-reactive ketones (excluding diaryl/α,β-unsaturated/α-hetero) is 1. The zero-order chi connectivity index (χ0) is 10.4. The standard InChI is InChI=1S/C12H22O2/c1-3-5-7-8-10(13)12-11(14-12)9-6-4-2/h11-12H,3-9H2,1-2H3/t11-,12-/m1/s1. The molecule has 0 aromatic rings. The van der Waals surface area contributed by atoms with Crippen molar-refractivity contribution in [2.24, 2.45) is 0 Å². The summed E-state index contributed by atoms with van der Waals surface area (Å²) >= 11 is 0. The smallest absolute Gasteiger partial charge is 0.164 e. The van der Waals surface area contributed by atoms with Gasteiger partial charge in [-0.15, -0.1) is 0 Å². The van der Waals surface area contributed by atoms with Crippen LogP contribution in [0.1, 0.15) is 58.8 Å². The molecular formula is C12H22O2. The molecule has 0 amide bonds. The fourth-order valence-corrected chi connectivity index (χ4v) is 1.74. The molecule has 0 aromatic carbocycles. The van der Waals surface area contributed by atoms with Gasteiger partial charge in [0.05, 0.1) is 6.10 Å². The Hall–Kier alpha value is -0.370. The third-order valence-corrected chi connectivity index (χ3v) is 2.77. The number of carbonyl (C=O) groups is 1. The van der Waals surface area contributed by atoms with E-state index in [1.165, 1.54) is 19.3 Å². The Balaban J connectivity index is 2.03. The normalized spacial score (nSPS) is 25.0. The van der Waals surface area contributed by atoms with Crippen LogP contribution in [0.15, 0.2) is 0 Å². The average Bonchev–Trinajstić information content (AvgIpc) is 2.94. The van der Waals surface area contributed by atoms with Gasteiger partial charge >= 0.3 is 0 Å². The van der Waals surface area contributed by atoms with Crippen molar-refractivity contribution in [2.75, 3.05) is 0 Å². The summed E-state index contributed by atoms with van der Waals surface area (Å²) in [6.07, 6.45) is 7.79. The van der Waals surface area contributed by atoms with Crippen LogP contribution in [0.3, 0.4) is 0 Å². The molecule has 0 spiro atoms. The first kappa shape index (κ1) is 11.7. The molecule has 1 aliphatic heterocycles. The van der Waals surface area contributed by atoms with Crippen molar-refractivity contribution in [3.63, 3.8) is 0 Å². The number of carbonyl (C=O) groups excluding carboxylic acids is 1. The Kier molecular flexibility index (Phi) is 5.16. The first-order valence-electron chi connectivity index (χ1n) is 5.97. The van der Waals surface area contributed by atoms with Gasteiger partial charge in [-0.1, -0.05) is 39.5 Å². The Bertz CT molecular complexity index is 177. The monoisotopic (exact) mass is 198 g/mol. The molecule has 1 heterocycles. The van der Waals surface area contributed by atoms with Gasteiger partial charge in [0, 0.05) is 6.42 Å². The quantitative estimate of drug-likeness (QED) is 0.443. The van der Waals surface area contributed by atoms with Crippen molar-refractivity contribution in [3.05, 3.63) is 0 Å². The summed E-state index contributed by atoms with van der Waals surface area (Å²) in [5.41, 5.74) is 0. The molecule has 2 nitrogen and oxygen atoms in total. The lowest BCUT2D eigenvalue weighted by Crippen LogP contribution is -2.09. The lowest BCUT2D eigenvalue weighted by molar-refractivity contribution is -0.120. The van der Waals surface area contributed by atoms with E-state index < -0.39 is 0 Å². The summed E-state index contributed by atoms with van der Waals surface area (Å²) in [4.78, 5) is 11.5. The molecule has 0 saturated carbocycles. The van der Waals surface area contributed by atoms with Crippen molar-refractivity contribution >= 4 is 5.78 Å². The van der Waals surface area contributed by atoms with Gasteiger partial charge in [0.1, 0.15) is 6.10 Å². The molecule has 0 aromatic heterocycles. The van der Waals surface area contributed by atoms with Gasteiger partial charge in [0.2, 0.25) is 0 Å². The topological polar surface area (TPSA) is 29.6 Å². The molecular weight excluding hydrogens is 176 g/mol. The van der Waals surface area contributed by atoms with Gasteiger partial charge < -0.3 is 4.74 Å². The molecule has 0 N–H and O–H groups in total. The highest BCUT2D eigenvalue weighted by Crippen LogP contribution is 2.29. The van der Waals surface area contributed by atoms with Gasteiger partial charge in [0.15, 0.2) is 5.78 Å². The fraction of sp³-hybridized carbons (Fsp3) is 0.917. The Morgan fingerprint density at radius 3 is 2.50 bits per heavy atom. The largest absolute Gasteiger partial charge is 0.361 e. The third kappa shape index (κ3) is 3.79. The minimum Gasteiger partial charge on any atom is -0.361 e. The zero-order valence-corrected chi connectivity index (χ0v) is 9.42. The maximum Gasteiger partial charge on any atom is 0.164 e. The van der Waals surface area contributed by atoms with E-state index >= 15 is 0 Å². The van der Waals surface area contributed by atoms with Crippen LogP contribution >= 0.6 is 0 Å². The maximum atomic E-state index is 11.5. The van der Waals surface area contributed by atoms with E-state index in [-0.39, 0.29) is 12.2 Å². The SMILES string of the molecule is CCCCCC(=O)[C@H]1O[C@@H]1CCCC. The molecule has 0 radical (unpaired) electrons. The highest BCUT2D eigenvalue weighted by molar-refractivity contribution is 5.85. The van der Waals surface area contributed by atoms with E-state index in [4.69, 9.17) is 4.74 Å². The Morgan fingerprint density at radius 2 is 1.86 bits per heavy atom. The fourth-order valence-electron chi connectivity index (χ4n) is 1.74. The minimum atomic E-state index is -0.0293. The zero-order valence-electron chi connectivity index (χ0n) is 9.42. The molecule has 82 valence electrons. The van der Waals surface area contributed by atoms with Crippen LogP contribution in [0.4, 0.5) is 0 Å². The molecule has 14 heavy (non-hydrogen) atoms. The predicted molar refractivity (Wildman–Crippen MR) is 57.3 cm³/mol. The summed E-state index contributed by atoms with van der Waals surface area (Å²) in [5, 5.41) is 0. The molecule has 1 aliphatic rings. The third-order valence-electron chi connectivity index (χ3n) is 2.77. The van der Waals surface area contributed by atoms with E-state index in [0.717, 1.165) is 25.7 Å². The van der Waals surface area contributed by atoms with E-state index in [0.29, 0.717) is 5.78 Å². The van der Waals surface area contributed by atoms with Gasteiger partial charge in [-0.25, -0.2) is 0 Å². The highest BCUT2D eigenvalue weighted by atomic mass is 16.6. The molecule has 2 heteroatoms. The number of epoxide rings is 1. The second-order valence-corrected chi connectivity index (χ2v) is 4.16.